The van der Waals surface area contributed by atoms with Crippen molar-refractivity contribution in [3.8, 4) is 0 Å². The summed E-state index contributed by atoms with van der Waals surface area (Å²) < 4.78 is 0. The molecule has 126 heavy (non-hydrogen) atoms. The van der Waals surface area contributed by atoms with Crippen LogP contribution in [0.5, 0.6) is 0 Å². The molecule has 26 rings (SSSR count). The summed E-state index contributed by atoms with van der Waals surface area (Å²) >= 11 is 0. The van der Waals surface area contributed by atoms with Crippen LogP contribution in [0.3, 0.4) is 0 Å². The number of carbonyl (C=O) groups excluding carboxylic acids is 5. The highest BCUT2D eigenvalue weighted by Crippen LogP contribution is 2.66. The van der Waals surface area contributed by atoms with Gasteiger partial charge in [-0.2, -0.15) is 0 Å². The van der Waals surface area contributed by atoms with Gasteiger partial charge in [0, 0.05) is 75.2 Å². The summed E-state index contributed by atoms with van der Waals surface area (Å²) in [7, 11) is 0. The quantitative estimate of drug-likeness (QED) is 0.0569. The first-order valence-electron chi connectivity index (χ1n) is 41.7. The van der Waals surface area contributed by atoms with Gasteiger partial charge in [0.2, 0.25) is 29.5 Å². The van der Waals surface area contributed by atoms with Crippen LogP contribution in [-0.2, 0) is 19.2 Å². The topological polar surface area (TPSA) is 402 Å². The van der Waals surface area contributed by atoms with Gasteiger partial charge in [0.05, 0.1) is 27.2 Å². The maximum Gasteiger partial charge on any atom is 0.336 e. The Balaban J connectivity index is 0.000000107. The first kappa shape index (κ1) is 83.1. The van der Waals surface area contributed by atoms with Crippen LogP contribution in [0.15, 0.2) is 279 Å². The summed E-state index contributed by atoms with van der Waals surface area (Å²) in [4.78, 5) is 118. The van der Waals surface area contributed by atoms with Gasteiger partial charge < -0.3 is 54.2 Å². The molecule has 0 saturated heterocycles. The molecule has 12 atom stereocenters. The van der Waals surface area contributed by atoms with Crippen molar-refractivity contribution in [2.45, 2.75) is 101 Å². The van der Waals surface area contributed by atoms with E-state index in [4.69, 9.17) is 33.8 Å². The minimum atomic E-state index is -0.933. The van der Waals surface area contributed by atoms with Crippen molar-refractivity contribution >= 4 is 102 Å². The first-order valence-corrected chi connectivity index (χ1v) is 41.7. The van der Waals surface area contributed by atoms with Gasteiger partial charge in [-0.3, -0.25) is 43.2 Å². The Kier molecular flexibility index (Phi) is 20.9. The normalized spacial score (nSPS) is 22.8. The first-order chi connectivity index (χ1) is 60.3. The molecule has 628 valence electrons. The maximum absolute atomic E-state index is 12.1. The fourth-order valence-electron chi connectivity index (χ4n) is 22.3. The second kappa shape index (κ2) is 31.6. The number of carboxylic acids is 5. The van der Waals surface area contributed by atoms with E-state index in [1.165, 1.54) is 16.5 Å². The lowest BCUT2D eigenvalue weighted by atomic mass is 9.52. The predicted molar refractivity (Wildman–Crippen MR) is 480 cm³/mol. The SMILES string of the molecule is CC1(C(=O)O)CC2c3ccccc3C1c1c(C(N)=O)cccc12.CC1(C(=O)O)CC2c3ccccc3C1c1c(C(N)=O)cccc12.CC1(C(=O)O)CC2c3ccccc3C1c1cccc(C(N)=O)c12.CC1(C(=O)O)CC2c3ccccc3C1c1cccc(C(N)=O)c12.NC(=O)c1cccc2cc3ccccc3cc12.O=C(O)c1cccc2cc3ccccc3cc12. The molecule has 12 aliphatic carbocycles. The van der Waals surface area contributed by atoms with Crippen molar-refractivity contribution in [2.75, 3.05) is 0 Å². The molecule has 8 bridgehead atoms. The van der Waals surface area contributed by atoms with Crippen molar-refractivity contribution in [3.05, 3.63) is 401 Å². The molecule has 0 fully saturated rings. The van der Waals surface area contributed by atoms with E-state index in [0.29, 0.717) is 59.1 Å². The summed E-state index contributed by atoms with van der Waals surface area (Å²) in [6, 6.07) is 88.9. The lowest BCUT2D eigenvalue weighted by Gasteiger charge is -2.50. The van der Waals surface area contributed by atoms with Crippen molar-refractivity contribution < 1.29 is 73.5 Å². The van der Waals surface area contributed by atoms with Gasteiger partial charge in [-0.1, -0.05) is 218 Å². The standard InChI is InChI=1S/4C19H17NO3.C15H11NO.C15H10O2/c2*1-19(18(22)23)9-14-10-5-2-3-6-12(10)16(19)15-11(14)7-4-8-13(15)17(20)21;2*1-19(18(22)23)9-14-10-5-2-3-6-11(10)16(19)12-7-4-8-13(15(12)14)17(20)21;2*16-15(17)13-7-3-6-12-8-10-4-1-2-5-11(10)9-14(12)13/h4*2-8,14,16H,9H2,1H3,(H2,20,21)(H,22,23);1-9H,(H2,16,17);1-9H,(H,16,17). The molecule has 0 spiro atoms. The number of carbonyl (C=O) groups is 10. The van der Waals surface area contributed by atoms with Crippen molar-refractivity contribution in [1.82, 2.24) is 0 Å². The van der Waals surface area contributed by atoms with Gasteiger partial charge in [-0.05, 0) is 246 Å². The van der Waals surface area contributed by atoms with Crippen LogP contribution in [0, 0.1) is 21.7 Å². The summed E-state index contributed by atoms with van der Waals surface area (Å²) in [5.41, 5.74) is 43.0. The molecule has 0 saturated carbocycles. The molecule has 20 heteroatoms. The van der Waals surface area contributed by atoms with Crippen LogP contribution in [0.2, 0.25) is 0 Å². The average Bonchev–Trinajstić information content (AvgIpc) is 0.699. The van der Waals surface area contributed by atoms with Crippen molar-refractivity contribution in [1.29, 1.82) is 0 Å². The molecular formula is C106H89N5O15. The third kappa shape index (κ3) is 13.4. The molecule has 0 radical (unpaired) electrons. The number of primary amides is 5. The molecule has 0 aromatic heterocycles. The largest absolute Gasteiger partial charge is 0.481 e. The van der Waals surface area contributed by atoms with Gasteiger partial charge in [0.1, 0.15) is 0 Å². The van der Waals surface area contributed by atoms with E-state index in [9.17, 15) is 68.4 Å². The second-order valence-electron chi connectivity index (χ2n) is 35.0. The fraction of sp³-hybridized carbons (Fsp3) is 0.189. The van der Waals surface area contributed by atoms with Crippen molar-refractivity contribution in [2.24, 2.45) is 50.3 Å². The Hall–Kier alpha value is -15.2. The Morgan fingerprint density at radius 2 is 0.452 bits per heavy atom. The van der Waals surface area contributed by atoms with E-state index in [-0.39, 0.29) is 53.3 Å². The van der Waals surface area contributed by atoms with Crippen LogP contribution in [0.25, 0.3) is 43.1 Å². The second-order valence-corrected chi connectivity index (χ2v) is 35.0. The lowest BCUT2D eigenvalue weighted by molar-refractivity contribution is -0.151. The van der Waals surface area contributed by atoms with Gasteiger partial charge in [0.25, 0.3) is 0 Å². The number of carboxylic acid groups (broad SMARTS) is 5. The number of fused-ring (bicyclic) bond motifs is 8. The van der Waals surface area contributed by atoms with E-state index in [0.717, 1.165) is 116 Å². The molecule has 0 heterocycles. The molecule has 14 aromatic rings. The summed E-state index contributed by atoms with van der Waals surface area (Å²) in [6.07, 6.45) is 2.06. The van der Waals surface area contributed by atoms with Gasteiger partial charge in [0.15, 0.2) is 0 Å². The molecular weight excluding hydrogens is 1580 g/mol. The molecule has 12 unspecified atom stereocenters. The smallest absolute Gasteiger partial charge is 0.336 e. The van der Waals surface area contributed by atoms with E-state index in [1.807, 2.05) is 214 Å². The van der Waals surface area contributed by atoms with Crippen LogP contribution in [-0.4, -0.2) is 84.9 Å². The third-order valence-corrected chi connectivity index (χ3v) is 28.0. The summed E-state index contributed by atoms with van der Waals surface area (Å²) in [5, 5.41) is 56.8. The number of nitrogens with two attached hydrogens (primary N) is 5. The lowest BCUT2D eigenvalue weighted by Crippen LogP contribution is -2.45. The Labute approximate surface area is 724 Å². The van der Waals surface area contributed by atoms with E-state index in [1.54, 1.807) is 68.4 Å². The molecule has 5 amide bonds. The predicted octanol–water partition coefficient (Wildman–Crippen LogP) is 18.2. The monoisotopic (exact) mass is 1670 g/mol. The molecule has 0 aliphatic heterocycles. The number of amides is 5. The van der Waals surface area contributed by atoms with Gasteiger partial charge >= 0.3 is 29.8 Å². The Bertz CT molecular complexity index is 6620. The van der Waals surface area contributed by atoms with Crippen LogP contribution in [0.1, 0.15) is 252 Å². The highest BCUT2D eigenvalue weighted by atomic mass is 16.4. The number of benzene rings is 14. The van der Waals surface area contributed by atoms with Gasteiger partial charge in [-0.15, -0.1) is 0 Å². The molecule has 15 N–H and O–H groups in total. The molecule has 20 nitrogen and oxygen atoms in total. The fourth-order valence-corrected chi connectivity index (χ4v) is 22.3. The zero-order valence-corrected chi connectivity index (χ0v) is 69.2. The average molecular weight is 1670 g/mol. The van der Waals surface area contributed by atoms with Crippen LogP contribution in [0.4, 0.5) is 0 Å². The number of hydrogen-bond acceptors (Lipinski definition) is 10. The zero-order valence-electron chi connectivity index (χ0n) is 69.2. The number of rotatable bonds is 10. The third-order valence-electron chi connectivity index (χ3n) is 28.0. The highest BCUT2D eigenvalue weighted by Gasteiger charge is 2.59. The van der Waals surface area contributed by atoms with Crippen molar-refractivity contribution in [3.63, 3.8) is 0 Å². The molecule has 12 aliphatic rings. The zero-order chi connectivity index (χ0) is 89.1. The van der Waals surface area contributed by atoms with Crippen LogP contribution >= 0.6 is 0 Å². The Morgan fingerprint density at radius 1 is 0.230 bits per heavy atom. The maximum atomic E-state index is 12.1. The minimum absolute atomic E-state index is 0.00778. The van der Waals surface area contributed by atoms with Crippen LogP contribution < -0.4 is 28.7 Å². The van der Waals surface area contributed by atoms with E-state index < -0.39 is 75.1 Å². The number of aliphatic carboxylic acids is 4. The minimum Gasteiger partial charge on any atom is -0.481 e. The molecule has 14 aromatic carbocycles. The highest BCUT2D eigenvalue weighted by molar-refractivity contribution is 6.11. The van der Waals surface area contributed by atoms with E-state index >= 15 is 0 Å². The number of hydrogen-bond donors (Lipinski definition) is 10. The Morgan fingerprint density at radius 3 is 0.770 bits per heavy atom. The van der Waals surface area contributed by atoms with E-state index in [2.05, 4.69) is 24.3 Å². The summed E-state index contributed by atoms with van der Waals surface area (Å²) in [6.45, 7) is 7.18. The van der Waals surface area contributed by atoms with Gasteiger partial charge in [-0.25, -0.2) is 4.79 Å². The number of aromatic carboxylic acids is 1. The summed E-state index contributed by atoms with van der Waals surface area (Å²) in [5.74, 6) is -7.84.